The number of fused-ring (bicyclic) bond motifs is 1. The van der Waals surface area contributed by atoms with Crippen LogP contribution in [0.4, 0.5) is 0 Å². The van der Waals surface area contributed by atoms with Gasteiger partial charge in [0.2, 0.25) is 0 Å². The average Bonchev–Trinajstić information content (AvgIpc) is 3.14. The molecule has 0 saturated carbocycles. The smallest absolute Gasteiger partial charge is 0.159 e. The van der Waals surface area contributed by atoms with Crippen LogP contribution in [0.1, 0.15) is 37.0 Å². The zero-order valence-corrected chi connectivity index (χ0v) is 13.4. The number of nitrogens with zero attached hydrogens (tertiary/aromatic N) is 4. The Morgan fingerprint density at radius 1 is 1.45 bits per heavy atom. The molecule has 0 aliphatic rings. The predicted molar refractivity (Wildman–Crippen MR) is 83.6 cm³/mol. The summed E-state index contributed by atoms with van der Waals surface area (Å²) >= 11 is 7.81. The number of hydrogen-bond donors (Lipinski definition) is 0. The third-order valence-electron chi connectivity index (χ3n) is 3.65. The molecule has 6 heteroatoms. The zero-order valence-electron chi connectivity index (χ0n) is 11.8. The van der Waals surface area contributed by atoms with Crippen LogP contribution in [-0.2, 0) is 12.4 Å². The van der Waals surface area contributed by atoms with Crippen molar-refractivity contribution in [3.8, 4) is 0 Å². The minimum atomic E-state index is 0.210. The van der Waals surface area contributed by atoms with Crippen molar-refractivity contribution in [3.05, 3.63) is 33.9 Å². The van der Waals surface area contributed by atoms with Gasteiger partial charge in [-0.3, -0.25) is 0 Å². The molecule has 20 heavy (non-hydrogen) atoms. The van der Waals surface area contributed by atoms with Crippen molar-refractivity contribution < 1.29 is 0 Å². The third kappa shape index (κ3) is 1.96. The van der Waals surface area contributed by atoms with Crippen LogP contribution in [0.3, 0.4) is 0 Å². The summed E-state index contributed by atoms with van der Waals surface area (Å²) < 4.78 is 4.23. The standard InChI is InChI=1S/C14H17ClN4S/c1-4-18-14-13(9(2)17-18)16-12(7-15)19(14)10(3)11-5-6-20-8-11/h5-6,8,10H,4,7H2,1-3H3. The molecule has 0 aromatic carbocycles. The molecule has 1 unspecified atom stereocenters. The Hall–Kier alpha value is -1.33. The minimum Gasteiger partial charge on any atom is -0.305 e. The Kier molecular flexibility index (Phi) is 3.56. The molecule has 3 heterocycles. The molecule has 0 aliphatic carbocycles. The number of rotatable bonds is 4. The summed E-state index contributed by atoms with van der Waals surface area (Å²) in [5.41, 5.74) is 4.27. The van der Waals surface area contributed by atoms with Gasteiger partial charge in [0.25, 0.3) is 0 Å². The van der Waals surface area contributed by atoms with E-state index in [2.05, 4.69) is 45.3 Å². The molecule has 0 aliphatic heterocycles. The van der Waals surface area contributed by atoms with Crippen LogP contribution in [0.15, 0.2) is 16.8 Å². The Labute approximate surface area is 127 Å². The molecule has 4 nitrogen and oxygen atoms in total. The van der Waals surface area contributed by atoms with Crippen molar-refractivity contribution in [2.24, 2.45) is 0 Å². The van der Waals surface area contributed by atoms with Gasteiger partial charge in [-0.1, -0.05) is 0 Å². The largest absolute Gasteiger partial charge is 0.305 e. The summed E-state index contributed by atoms with van der Waals surface area (Å²) in [6.07, 6.45) is 0. The number of imidazole rings is 1. The van der Waals surface area contributed by atoms with E-state index in [1.54, 1.807) is 11.3 Å². The van der Waals surface area contributed by atoms with Crippen LogP contribution in [-0.4, -0.2) is 19.3 Å². The molecule has 0 N–H and O–H groups in total. The van der Waals surface area contributed by atoms with Gasteiger partial charge in [0.05, 0.1) is 17.6 Å². The molecular formula is C14H17ClN4S. The quantitative estimate of drug-likeness (QED) is 0.684. The molecule has 106 valence electrons. The van der Waals surface area contributed by atoms with Crippen molar-refractivity contribution in [1.82, 2.24) is 19.3 Å². The van der Waals surface area contributed by atoms with Gasteiger partial charge in [-0.25, -0.2) is 9.67 Å². The maximum absolute atomic E-state index is 6.10. The summed E-state index contributed by atoms with van der Waals surface area (Å²) in [7, 11) is 0. The fraction of sp³-hybridized carbons (Fsp3) is 0.429. The lowest BCUT2D eigenvalue weighted by Crippen LogP contribution is -2.12. The van der Waals surface area contributed by atoms with Gasteiger partial charge in [0.15, 0.2) is 5.65 Å². The van der Waals surface area contributed by atoms with Crippen molar-refractivity contribution in [2.45, 2.75) is 39.2 Å². The van der Waals surface area contributed by atoms with Crippen molar-refractivity contribution in [1.29, 1.82) is 0 Å². The van der Waals surface area contributed by atoms with E-state index in [-0.39, 0.29) is 6.04 Å². The Balaban J connectivity index is 2.26. The molecule has 3 aromatic rings. The predicted octanol–water partition coefficient (Wildman–Crippen LogP) is 3.97. The van der Waals surface area contributed by atoms with Gasteiger partial charge in [0.1, 0.15) is 11.3 Å². The first-order chi connectivity index (χ1) is 9.67. The van der Waals surface area contributed by atoms with Gasteiger partial charge in [-0.2, -0.15) is 16.4 Å². The maximum Gasteiger partial charge on any atom is 0.159 e. The second-order valence-electron chi connectivity index (χ2n) is 4.84. The first kappa shape index (κ1) is 13.6. The highest BCUT2D eigenvalue weighted by molar-refractivity contribution is 7.07. The number of aromatic nitrogens is 4. The summed E-state index contributed by atoms with van der Waals surface area (Å²) in [5, 5.41) is 8.84. The van der Waals surface area contributed by atoms with Crippen LogP contribution in [0.25, 0.3) is 11.2 Å². The summed E-state index contributed by atoms with van der Waals surface area (Å²) in [4.78, 5) is 4.68. The number of alkyl halides is 1. The van der Waals surface area contributed by atoms with E-state index in [1.807, 2.05) is 11.6 Å². The molecule has 3 aromatic heterocycles. The Morgan fingerprint density at radius 2 is 2.25 bits per heavy atom. The van der Waals surface area contributed by atoms with Crippen molar-refractivity contribution in [3.63, 3.8) is 0 Å². The van der Waals surface area contributed by atoms with Gasteiger partial charge in [-0.05, 0) is 43.2 Å². The maximum atomic E-state index is 6.10. The SMILES string of the molecule is CCn1nc(C)c2nc(CCl)n(C(C)c3ccsc3)c21. The number of aryl methyl sites for hydroxylation is 2. The molecule has 0 saturated heterocycles. The monoisotopic (exact) mass is 308 g/mol. The van der Waals surface area contributed by atoms with Gasteiger partial charge >= 0.3 is 0 Å². The van der Waals surface area contributed by atoms with Crippen LogP contribution >= 0.6 is 22.9 Å². The van der Waals surface area contributed by atoms with Gasteiger partial charge in [-0.15, -0.1) is 11.6 Å². The highest BCUT2D eigenvalue weighted by Crippen LogP contribution is 2.29. The first-order valence-corrected chi connectivity index (χ1v) is 8.17. The molecule has 0 amide bonds. The van der Waals surface area contributed by atoms with Crippen LogP contribution in [0.2, 0.25) is 0 Å². The fourth-order valence-electron chi connectivity index (χ4n) is 2.62. The van der Waals surface area contributed by atoms with E-state index in [0.717, 1.165) is 29.2 Å². The highest BCUT2D eigenvalue weighted by Gasteiger charge is 2.22. The van der Waals surface area contributed by atoms with E-state index in [1.165, 1.54) is 5.56 Å². The summed E-state index contributed by atoms with van der Waals surface area (Å²) in [5.74, 6) is 1.31. The summed E-state index contributed by atoms with van der Waals surface area (Å²) in [6, 6.07) is 2.36. The fourth-order valence-corrected chi connectivity index (χ4v) is 3.55. The van der Waals surface area contributed by atoms with Crippen LogP contribution in [0, 0.1) is 6.92 Å². The Bertz CT molecular complexity index is 726. The molecule has 0 bridgehead atoms. The second-order valence-corrected chi connectivity index (χ2v) is 5.89. The lowest BCUT2D eigenvalue weighted by molar-refractivity contribution is 0.588. The van der Waals surface area contributed by atoms with Crippen LogP contribution in [0.5, 0.6) is 0 Å². The topological polar surface area (TPSA) is 35.6 Å². The van der Waals surface area contributed by atoms with E-state index in [9.17, 15) is 0 Å². The molecule has 0 spiro atoms. The van der Waals surface area contributed by atoms with Gasteiger partial charge in [0, 0.05) is 6.54 Å². The summed E-state index contributed by atoms with van der Waals surface area (Å²) in [6.45, 7) is 7.10. The molecule has 3 rings (SSSR count). The van der Waals surface area contributed by atoms with Crippen LogP contribution < -0.4 is 0 Å². The lowest BCUT2D eigenvalue weighted by Gasteiger charge is -2.16. The molecule has 0 fully saturated rings. The van der Waals surface area contributed by atoms with Gasteiger partial charge < -0.3 is 4.57 Å². The van der Waals surface area contributed by atoms with Crippen molar-refractivity contribution in [2.75, 3.05) is 0 Å². The normalized spacial score (nSPS) is 13.2. The van der Waals surface area contributed by atoms with E-state index in [0.29, 0.717) is 5.88 Å². The molecular weight excluding hydrogens is 292 g/mol. The highest BCUT2D eigenvalue weighted by atomic mass is 35.5. The minimum absolute atomic E-state index is 0.210. The number of thiophene rings is 1. The van der Waals surface area contributed by atoms with Crippen molar-refractivity contribution >= 4 is 34.1 Å². The average molecular weight is 309 g/mol. The van der Waals surface area contributed by atoms with E-state index in [4.69, 9.17) is 11.6 Å². The lowest BCUT2D eigenvalue weighted by atomic mass is 10.2. The first-order valence-electron chi connectivity index (χ1n) is 6.69. The number of halogens is 1. The second kappa shape index (κ2) is 5.22. The number of hydrogen-bond acceptors (Lipinski definition) is 3. The molecule has 1 atom stereocenters. The Morgan fingerprint density at radius 3 is 2.85 bits per heavy atom. The zero-order chi connectivity index (χ0) is 14.3. The molecule has 0 radical (unpaired) electrons. The van der Waals surface area contributed by atoms with E-state index >= 15 is 0 Å². The van der Waals surface area contributed by atoms with E-state index < -0.39 is 0 Å². The third-order valence-corrected chi connectivity index (χ3v) is 4.59.